The lowest BCUT2D eigenvalue weighted by molar-refractivity contribution is -0.116. The third-order valence-electron chi connectivity index (χ3n) is 4.37. The van der Waals surface area contributed by atoms with Crippen molar-refractivity contribution in [3.05, 3.63) is 52.2 Å². The van der Waals surface area contributed by atoms with Gasteiger partial charge < -0.3 is 15.4 Å². The van der Waals surface area contributed by atoms with Crippen molar-refractivity contribution in [3.63, 3.8) is 0 Å². The van der Waals surface area contributed by atoms with Crippen molar-refractivity contribution in [1.29, 1.82) is 0 Å². The van der Waals surface area contributed by atoms with E-state index in [0.29, 0.717) is 24.2 Å². The van der Waals surface area contributed by atoms with E-state index in [1.54, 1.807) is 29.5 Å². The molecular weight excluding hydrogens is 348 g/mol. The molecule has 2 N–H and O–H groups in total. The van der Waals surface area contributed by atoms with E-state index in [-0.39, 0.29) is 17.9 Å². The first-order valence-electron chi connectivity index (χ1n) is 9.03. The first kappa shape index (κ1) is 18.6. The summed E-state index contributed by atoms with van der Waals surface area (Å²) in [5.74, 6) is -0.254. The second-order valence-corrected chi connectivity index (χ2v) is 7.40. The number of carbonyl (C=O) groups excluding carboxylic acids is 2. The van der Waals surface area contributed by atoms with Crippen molar-refractivity contribution in [1.82, 2.24) is 5.32 Å². The Morgan fingerprint density at radius 3 is 2.85 bits per heavy atom. The summed E-state index contributed by atoms with van der Waals surface area (Å²) in [4.78, 5) is 26.0. The van der Waals surface area contributed by atoms with Crippen molar-refractivity contribution in [2.75, 3.05) is 18.5 Å². The van der Waals surface area contributed by atoms with Crippen LogP contribution in [0, 0.1) is 0 Å². The molecular formula is C20H24N2O3S. The molecule has 1 aromatic carbocycles. The zero-order valence-corrected chi connectivity index (χ0v) is 15.5. The van der Waals surface area contributed by atoms with Gasteiger partial charge in [0.1, 0.15) is 0 Å². The Morgan fingerprint density at radius 1 is 1.19 bits per heavy atom. The second kappa shape index (κ2) is 9.50. The van der Waals surface area contributed by atoms with E-state index in [1.165, 1.54) is 4.88 Å². The molecule has 0 spiro atoms. The number of nitrogens with one attached hydrogen (secondary N) is 2. The fourth-order valence-corrected chi connectivity index (χ4v) is 3.74. The van der Waals surface area contributed by atoms with E-state index in [0.717, 1.165) is 32.3 Å². The molecule has 5 nitrogen and oxygen atoms in total. The van der Waals surface area contributed by atoms with E-state index < -0.39 is 0 Å². The van der Waals surface area contributed by atoms with Gasteiger partial charge in [0.15, 0.2) is 0 Å². The van der Waals surface area contributed by atoms with Crippen LogP contribution in [0.4, 0.5) is 5.69 Å². The highest BCUT2D eigenvalue weighted by Gasteiger charge is 2.18. The number of ether oxygens (including phenoxy) is 1. The smallest absolute Gasteiger partial charge is 0.253 e. The largest absolute Gasteiger partial charge is 0.376 e. The monoisotopic (exact) mass is 372 g/mol. The normalized spacial score (nSPS) is 16.4. The van der Waals surface area contributed by atoms with Crippen molar-refractivity contribution in [2.45, 2.75) is 38.2 Å². The van der Waals surface area contributed by atoms with Crippen LogP contribution < -0.4 is 10.6 Å². The van der Waals surface area contributed by atoms with Crippen LogP contribution in [-0.2, 0) is 16.0 Å². The highest BCUT2D eigenvalue weighted by Crippen LogP contribution is 2.17. The number of hydrogen-bond acceptors (Lipinski definition) is 4. The van der Waals surface area contributed by atoms with Gasteiger partial charge in [0, 0.05) is 24.4 Å². The molecule has 2 aromatic rings. The quantitative estimate of drug-likeness (QED) is 0.744. The van der Waals surface area contributed by atoms with Crippen LogP contribution in [-0.4, -0.2) is 31.1 Å². The van der Waals surface area contributed by atoms with Crippen molar-refractivity contribution >= 4 is 28.8 Å². The maximum atomic E-state index is 12.5. The second-order valence-electron chi connectivity index (χ2n) is 6.37. The average Bonchev–Trinajstić information content (AvgIpc) is 3.34. The highest BCUT2D eigenvalue weighted by molar-refractivity contribution is 7.09. The van der Waals surface area contributed by atoms with E-state index in [9.17, 15) is 9.59 Å². The number of amides is 2. The van der Waals surface area contributed by atoms with Crippen LogP contribution in [0.1, 0.15) is 40.9 Å². The van der Waals surface area contributed by atoms with Gasteiger partial charge in [0.25, 0.3) is 5.91 Å². The van der Waals surface area contributed by atoms with Gasteiger partial charge in [-0.25, -0.2) is 0 Å². The fraction of sp³-hybridized carbons (Fsp3) is 0.400. The van der Waals surface area contributed by atoms with E-state index in [2.05, 4.69) is 16.7 Å². The summed E-state index contributed by atoms with van der Waals surface area (Å²) in [6.45, 7) is 1.26. The van der Waals surface area contributed by atoms with E-state index >= 15 is 0 Å². The standard InChI is InChI=1S/C20H24N2O3S/c23-19(11-3-7-16-8-5-13-26-16)22-18-10-2-1-9-17(18)20(24)21-14-15-6-4-12-25-15/h1-2,5,8-10,13,15H,3-4,6-7,11-12,14H2,(H,21,24)(H,22,23). The maximum absolute atomic E-state index is 12.5. The molecule has 1 aliphatic rings. The summed E-state index contributed by atoms with van der Waals surface area (Å²) in [5.41, 5.74) is 1.04. The minimum atomic E-state index is -0.185. The molecule has 138 valence electrons. The Morgan fingerprint density at radius 2 is 2.08 bits per heavy atom. The Hall–Kier alpha value is -2.18. The first-order chi connectivity index (χ1) is 12.7. The zero-order valence-electron chi connectivity index (χ0n) is 14.7. The summed E-state index contributed by atoms with van der Waals surface area (Å²) < 4.78 is 5.53. The summed E-state index contributed by atoms with van der Waals surface area (Å²) in [6.07, 6.45) is 4.23. The van der Waals surface area contributed by atoms with Gasteiger partial charge in [-0.15, -0.1) is 11.3 Å². The van der Waals surface area contributed by atoms with E-state index in [1.807, 2.05) is 17.5 Å². The Bertz CT molecular complexity index is 724. The molecule has 1 aromatic heterocycles. The number of rotatable bonds is 8. The maximum Gasteiger partial charge on any atom is 0.253 e. The Kier molecular flexibility index (Phi) is 6.80. The molecule has 2 amide bonds. The average molecular weight is 372 g/mol. The Balaban J connectivity index is 1.50. The summed E-state index contributed by atoms with van der Waals surface area (Å²) in [5, 5.41) is 7.82. The molecule has 0 saturated carbocycles. The number of aryl methyl sites for hydroxylation is 1. The van der Waals surface area contributed by atoms with Crippen molar-refractivity contribution in [2.24, 2.45) is 0 Å². The molecule has 1 saturated heterocycles. The Labute approximate surface area is 157 Å². The van der Waals surface area contributed by atoms with Crippen LogP contribution in [0.2, 0.25) is 0 Å². The van der Waals surface area contributed by atoms with Crippen LogP contribution >= 0.6 is 11.3 Å². The SMILES string of the molecule is O=C(CCCc1cccs1)Nc1ccccc1C(=O)NCC1CCCO1. The summed E-state index contributed by atoms with van der Waals surface area (Å²) in [7, 11) is 0. The topological polar surface area (TPSA) is 67.4 Å². The van der Waals surface area contributed by atoms with E-state index in [4.69, 9.17) is 4.74 Å². The number of para-hydroxylation sites is 1. The number of carbonyl (C=O) groups is 2. The number of hydrogen-bond donors (Lipinski definition) is 2. The van der Waals surface area contributed by atoms with Gasteiger partial charge in [-0.2, -0.15) is 0 Å². The molecule has 1 aliphatic heterocycles. The third kappa shape index (κ3) is 5.41. The summed E-state index contributed by atoms with van der Waals surface area (Å²) >= 11 is 1.71. The van der Waals surface area contributed by atoms with Gasteiger partial charge in [-0.3, -0.25) is 9.59 Å². The molecule has 1 atom stereocenters. The summed E-state index contributed by atoms with van der Waals surface area (Å²) in [6, 6.07) is 11.2. The van der Waals surface area contributed by atoms with Gasteiger partial charge in [0.2, 0.25) is 5.91 Å². The van der Waals surface area contributed by atoms with Gasteiger partial charge in [-0.1, -0.05) is 18.2 Å². The molecule has 26 heavy (non-hydrogen) atoms. The molecule has 1 unspecified atom stereocenters. The molecule has 6 heteroatoms. The fourth-order valence-electron chi connectivity index (χ4n) is 2.99. The predicted molar refractivity (Wildman–Crippen MR) is 104 cm³/mol. The van der Waals surface area contributed by atoms with Gasteiger partial charge in [0.05, 0.1) is 17.4 Å². The highest BCUT2D eigenvalue weighted by atomic mass is 32.1. The minimum Gasteiger partial charge on any atom is -0.376 e. The van der Waals surface area contributed by atoms with Crippen LogP contribution in [0.25, 0.3) is 0 Å². The predicted octanol–water partition coefficient (Wildman–Crippen LogP) is 3.62. The van der Waals surface area contributed by atoms with Gasteiger partial charge in [-0.05, 0) is 49.3 Å². The van der Waals surface area contributed by atoms with Crippen LogP contribution in [0.15, 0.2) is 41.8 Å². The molecule has 0 aliphatic carbocycles. The van der Waals surface area contributed by atoms with Crippen molar-refractivity contribution in [3.8, 4) is 0 Å². The lowest BCUT2D eigenvalue weighted by Gasteiger charge is -2.13. The number of thiophene rings is 1. The zero-order chi connectivity index (χ0) is 18.2. The molecule has 0 bridgehead atoms. The minimum absolute atomic E-state index is 0.0686. The lowest BCUT2D eigenvalue weighted by Crippen LogP contribution is -2.32. The lowest BCUT2D eigenvalue weighted by atomic mass is 10.1. The molecule has 3 rings (SSSR count). The van der Waals surface area contributed by atoms with Crippen molar-refractivity contribution < 1.29 is 14.3 Å². The molecule has 2 heterocycles. The number of benzene rings is 1. The molecule has 0 radical (unpaired) electrons. The third-order valence-corrected chi connectivity index (χ3v) is 5.30. The van der Waals surface area contributed by atoms with Crippen LogP contribution in [0.3, 0.4) is 0 Å². The van der Waals surface area contributed by atoms with Gasteiger partial charge >= 0.3 is 0 Å². The van der Waals surface area contributed by atoms with Crippen LogP contribution in [0.5, 0.6) is 0 Å². The molecule has 1 fully saturated rings. The first-order valence-corrected chi connectivity index (χ1v) is 9.91. The number of anilines is 1.